The van der Waals surface area contributed by atoms with E-state index in [4.69, 9.17) is 13.6 Å². The van der Waals surface area contributed by atoms with Crippen LogP contribution >= 0.6 is 0 Å². The van der Waals surface area contributed by atoms with Crippen molar-refractivity contribution < 1.29 is 23.2 Å². The fourth-order valence-electron chi connectivity index (χ4n) is 3.46. The van der Waals surface area contributed by atoms with Crippen molar-refractivity contribution in [3.05, 3.63) is 0 Å². The molecule has 1 rings (SSSR count). The number of methoxy groups -OCH3 is 1. The molecule has 1 aliphatic rings. The topological polar surface area (TPSA) is 61.8 Å². The first-order valence-corrected chi connectivity index (χ1v) is 9.64. The summed E-state index contributed by atoms with van der Waals surface area (Å²) in [6.07, 6.45) is 5.03. The zero-order valence-corrected chi connectivity index (χ0v) is 14.7. The summed E-state index contributed by atoms with van der Waals surface area (Å²) in [6, 6.07) is 0.926. The average molecular weight is 316 g/mol. The molecule has 0 aromatic carbocycles. The number of carbonyl (C=O) groups excluding carboxylic acids is 2. The predicted octanol–water partition coefficient (Wildman–Crippen LogP) is 2.55. The Morgan fingerprint density at radius 3 is 2.33 bits per heavy atom. The largest absolute Gasteiger partial charge is 0.396 e. The van der Waals surface area contributed by atoms with Crippen LogP contribution in [-0.4, -0.2) is 46.7 Å². The van der Waals surface area contributed by atoms with Crippen LogP contribution in [0.4, 0.5) is 0 Å². The van der Waals surface area contributed by atoms with Gasteiger partial charge in [0.2, 0.25) is 0 Å². The zero-order valence-electron chi connectivity index (χ0n) is 13.7. The molecule has 1 heterocycles. The highest BCUT2D eigenvalue weighted by Gasteiger charge is 2.58. The van der Waals surface area contributed by atoms with Gasteiger partial charge in [-0.3, -0.25) is 9.59 Å². The number of hydrogen-bond acceptors (Lipinski definition) is 5. The van der Waals surface area contributed by atoms with Crippen LogP contribution in [0.2, 0.25) is 6.04 Å². The molecule has 0 amide bonds. The minimum atomic E-state index is -2.41. The van der Waals surface area contributed by atoms with Crippen molar-refractivity contribution >= 4 is 20.1 Å². The van der Waals surface area contributed by atoms with Gasteiger partial charge in [-0.1, -0.05) is 12.8 Å². The summed E-state index contributed by atoms with van der Waals surface area (Å²) in [6.45, 7) is 1.45. The first kappa shape index (κ1) is 18.5. The van der Waals surface area contributed by atoms with Crippen molar-refractivity contribution in [2.45, 2.75) is 63.1 Å². The Morgan fingerprint density at radius 2 is 1.81 bits per heavy atom. The lowest BCUT2D eigenvalue weighted by Crippen LogP contribution is -2.64. The Balaban J connectivity index is 2.69. The van der Waals surface area contributed by atoms with Crippen molar-refractivity contribution in [3.63, 3.8) is 0 Å². The fourth-order valence-corrected chi connectivity index (χ4v) is 7.37. The predicted molar refractivity (Wildman–Crippen MR) is 82.3 cm³/mol. The van der Waals surface area contributed by atoms with Crippen LogP contribution in [0.1, 0.15) is 51.9 Å². The summed E-state index contributed by atoms with van der Waals surface area (Å²) in [5.41, 5.74) is 0. The molecule has 0 N–H and O–H groups in total. The summed E-state index contributed by atoms with van der Waals surface area (Å²) in [5.74, 6) is -0.0664. The molecule has 5 nitrogen and oxygen atoms in total. The van der Waals surface area contributed by atoms with Crippen molar-refractivity contribution in [1.29, 1.82) is 0 Å². The van der Waals surface area contributed by atoms with E-state index in [1.165, 1.54) is 6.92 Å². The molecule has 1 atom stereocenters. The van der Waals surface area contributed by atoms with Gasteiger partial charge in [-0.25, -0.2) is 0 Å². The molecular weight excluding hydrogens is 288 g/mol. The Morgan fingerprint density at radius 1 is 1.14 bits per heavy atom. The first-order chi connectivity index (χ1) is 9.95. The minimum Gasteiger partial charge on any atom is -0.396 e. The SMILES string of the molecule is COC1(CCCC(=O)CC(C)=O)CCCC[Si]1(OC)OC. The van der Waals surface area contributed by atoms with Crippen LogP contribution in [-0.2, 0) is 23.2 Å². The normalized spacial score (nSPS) is 24.8. The van der Waals surface area contributed by atoms with E-state index in [1.807, 2.05) is 0 Å². The number of rotatable bonds is 9. The fraction of sp³-hybridized carbons (Fsp3) is 0.867. The molecule has 0 aliphatic carbocycles. The second-order valence-electron chi connectivity index (χ2n) is 5.84. The van der Waals surface area contributed by atoms with Gasteiger partial charge in [0.1, 0.15) is 16.8 Å². The second-order valence-corrected chi connectivity index (χ2v) is 9.57. The number of ketones is 2. The van der Waals surface area contributed by atoms with E-state index in [2.05, 4.69) is 0 Å². The van der Waals surface area contributed by atoms with E-state index in [1.54, 1.807) is 21.3 Å². The summed E-state index contributed by atoms with van der Waals surface area (Å²) in [4.78, 5) is 22.6. The maximum atomic E-state index is 11.7. The number of ether oxygens (including phenoxy) is 1. The molecule has 1 fully saturated rings. The van der Waals surface area contributed by atoms with E-state index in [0.29, 0.717) is 12.8 Å². The van der Waals surface area contributed by atoms with Gasteiger partial charge in [-0.2, -0.15) is 0 Å². The molecular formula is C15H28O5Si. The van der Waals surface area contributed by atoms with Crippen LogP contribution in [0.25, 0.3) is 0 Å². The second kappa shape index (κ2) is 8.17. The van der Waals surface area contributed by atoms with Gasteiger partial charge in [0.05, 0.1) is 6.42 Å². The summed E-state index contributed by atoms with van der Waals surface area (Å²) < 4.78 is 17.5. The third kappa shape index (κ3) is 4.22. The van der Waals surface area contributed by atoms with Crippen molar-refractivity contribution in [3.8, 4) is 0 Å². The molecule has 1 saturated heterocycles. The van der Waals surface area contributed by atoms with E-state index in [-0.39, 0.29) is 23.2 Å². The van der Waals surface area contributed by atoms with Gasteiger partial charge in [-0.15, -0.1) is 0 Å². The maximum absolute atomic E-state index is 11.7. The molecule has 1 unspecified atom stereocenters. The molecule has 0 radical (unpaired) electrons. The first-order valence-electron chi connectivity index (χ1n) is 7.62. The molecule has 1 aliphatic heterocycles. The molecule has 6 heteroatoms. The Labute approximate surface area is 128 Å². The quantitative estimate of drug-likeness (QED) is 0.483. The highest BCUT2D eigenvalue weighted by Crippen LogP contribution is 2.42. The molecule has 21 heavy (non-hydrogen) atoms. The van der Waals surface area contributed by atoms with Gasteiger partial charge in [0, 0.05) is 27.8 Å². The standard InChI is InChI=1S/C15H28O5Si/c1-13(16)12-14(17)8-7-10-15(18-2)9-5-6-11-21(15,19-3)20-4/h5-12H2,1-4H3. The Kier molecular flexibility index (Phi) is 7.19. The van der Waals surface area contributed by atoms with E-state index in [0.717, 1.165) is 31.7 Å². The molecule has 0 aromatic heterocycles. The summed E-state index contributed by atoms with van der Waals surface area (Å²) in [7, 11) is 2.70. The van der Waals surface area contributed by atoms with E-state index < -0.39 is 8.56 Å². The van der Waals surface area contributed by atoms with Crippen LogP contribution in [0.3, 0.4) is 0 Å². The number of hydrogen-bond donors (Lipinski definition) is 0. The average Bonchev–Trinajstić information content (AvgIpc) is 2.46. The lowest BCUT2D eigenvalue weighted by molar-refractivity contribution is -0.126. The molecule has 0 aromatic rings. The van der Waals surface area contributed by atoms with Crippen LogP contribution in [0.15, 0.2) is 0 Å². The van der Waals surface area contributed by atoms with Crippen LogP contribution < -0.4 is 0 Å². The van der Waals surface area contributed by atoms with Crippen molar-refractivity contribution in [2.24, 2.45) is 0 Å². The zero-order chi connectivity index (χ0) is 15.9. The Bertz CT molecular complexity index is 367. The van der Waals surface area contributed by atoms with Crippen LogP contribution in [0, 0.1) is 0 Å². The van der Waals surface area contributed by atoms with Crippen molar-refractivity contribution in [1.82, 2.24) is 0 Å². The number of Topliss-reactive ketones (excluding diaryl/α,β-unsaturated/α-hetero) is 2. The van der Waals surface area contributed by atoms with Gasteiger partial charge in [-0.05, 0) is 32.2 Å². The van der Waals surface area contributed by atoms with Gasteiger partial charge >= 0.3 is 8.56 Å². The van der Waals surface area contributed by atoms with E-state index in [9.17, 15) is 9.59 Å². The maximum Gasteiger partial charge on any atom is 0.370 e. The van der Waals surface area contributed by atoms with Gasteiger partial charge < -0.3 is 13.6 Å². The third-order valence-corrected chi connectivity index (χ3v) is 8.99. The molecule has 0 saturated carbocycles. The molecule has 122 valence electrons. The Hall–Kier alpha value is -0.563. The third-order valence-electron chi connectivity index (χ3n) is 4.56. The minimum absolute atomic E-state index is 0.00617. The number of carbonyl (C=O) groups is 2. The van der Waals surface area contributed by atoms with Gasteiger partial charge in [0.15, 0.2) is 0 Å². The molecule has 0 spiro atoms. The summed E-state index contributed by atoms with van der Waals surface area (Å²) >= 11 is 0. The van der Waals surface area contributed by atoms with Crippen LogP contribution in [0.5, 0.6) is 0 Å². The highest BCUT2D eigenvalue weighted by atomic mass is 28.4. The van der Waals surface area contributed by atoms with E-state index >= 15 is 0 Å². The monoisotopic (exact) mass is 316 g/mol. The molecule has 0 bridgehead atoms. The highest BCUT2D eigenvalue weighted by molar-refractivity contribution is 6.70. The van der Waals surface area contributed by atoms with Gasteiger partial charge in [0.25, 0.3) is 0 Å². The smallest absolute Gasteiger partial charge is 0.370 e. The lowest BCUT2D eigenvalue weighted by Gasteiger charge is -2.48. The van der Waals surface area contributed by atoms with Crippen molar-refractivity contribution in [2.75, 3.05) is 21.3 Å². The summed E-state index contributed by atoms with van der Waals surface area (Å²) in [5, 5.41) is -0.384. The lowest BCUT2D eigenvalue weighted by atomic mass is 10.0.